The molecule has 6 heteroatoms. The first-order chi connectivity index (χ1) is 11.7. The normalized spacial score (nSPS) is 12.6. The van der Waals surface area contributed by atoms with Gasteiger partial charge in [-0.2, -0.15) is 0 Å². The van der Waals surface area contributed by atoms with Crippen molar-refractivity contribution in [1.82, 2.24) is 15.0 Å². The van der Waals surface area contributed by atoms with E-state index in [1.165, 1.54) is 0 Å². The summed E-state index contributed by atoms with van der Waals surface area (Å²) in [6.07, 6.45) is 3.73. The molecule has 0 spiro atoms. The smallest absolute Gasteiger partial charge is 0.315 e. The maximum absolute atomic E-state index is 11.4. The number of aryl methyl sites for hydroxylation is 1. The van der Waals surface area contributed by atoms with Crippen LogP contribution in [0.2, 0.25) is 0 Å². The third kappa shape index (κ3) is 2.69. The number of benzene rings is 1. The lowest BCUT2D eigenvalue weighted by Crippen LogP contribution is -2.00. The Kier molecular flexibility index (Phi) is 3.42. The Morgan fingerprint density at radius 2 is 2.00 bits per heavy atom. The van der Waals surface area contributed by atoms with Crippen LogP contribution >= 0.6 is 0 Å². The fourth-order valence-electron chi connectivity index (χ4n) is 2.68. The minimum Gasteiger partial charge on any atom is -0.426 e. The molecule has 1 aliphatic rings. The first-order valence-electron chi connectivity index (χ1n) is 7.55. The van der Waals surface area contributed by atoms with Crippen LogP contribution in [0.4, 0.5) is 11.6 Å². The van der Waals surface area contributed by atoms with Crippen molar-refractivity contribution in [1.29, 1.82) is 0 Å². The second-order valence-electron chi connectivity index (χ2n) is 5.53. The largest absolute Gasteiger partial charge is 0.426 e. The average Bonchev–Trinajstić information content (AvgIpc) is 2.97. The molecule has 3 heterocycles. The van der Waals surface area contributed by atoms with Gasteiger partial charge < -0.3 is 10.1 Å². The van der Waals surface area contributed by atoms with E-state index in [1.807, 2.05) is 37.3 Å². The lowest BCUT2D eigenvalue weighted by molar-refractivity contribution is -0.131. The number of esters is 1. The van der Waals surface area contributed by atoms with Gasteiger partial charge in [0.15, 0.2) is 0 Å². The van der Waals surface area contributed by atoms with Crippen molar-refractivity contribution in [3.8, 4) is 17.1 Å². The van der Waals surface area contributed by atoms with Gasteiger partial charge in [0, 0.05) is 29.7 Å². The lowest BCUT2D eigenvalue weighted by atomic mass is 10.1. The number of carbonyl (C=O) groups is 1. The zero-order valence-electron chi connectivity index (χ0n) is 13.0. The van der Waals surface area contributed by atoms with Gasteiger partial charge in [-0.15, -0.1) is 0 Å². The highest BCUT2D eigenvalue weighted by Gasteiger charge is 2.23. The van der Waals surface area contributed by atoms with Gasteiger partial charge in [0.2, 0.25) is 5.95 Å². The van der Waals surface area contributed by atoms with Crippen molar-refractivity contribution in [3.63, 3.8) is 0 Å². The van der Waals surface area contributed by atoms with Crippen molar-refractivity contribution in [3.05, 3.63) is 59.9 Å². The summed E-state index contributed by atoms with van der Waals surface area (Å²) in [5.74, 6) is 0.837. The quantitative estimate of drug-likeness (QED) is 0.591. The molecule has 0 saturated heterocycles. The minimum atomic E-state index is -0.223. The van der Waals surface area contributed by atoms with Crippen LogP contribution in [0.15, 0.2) is 48.8 Å². The number of rotatable bonds is 3. The molecule has 0 bridgehead atoms. The monoisotopic (exact) mass is 318 g/mol. The molecule has 0 saturated carbocycles. The molecule has 1 N–H and O–H groups in total. The van der Waals surface area contributed by atoms with Crippen molar-refractivity contribution in [2.45, 2.75) is 13.3 Å². The van der Waals surface area contributed by atoms with E-state index in [-0.39, 0.29) is 5.97 Å². The molecule has 0 radical (unpaired) electrons. The fourth-order valence-corrected chi connectivity index (χ4v) is 2.68. The molecule has 1 aromatic carbocycles. The van der Waals surface area contributed by atoms with E-state index in [1.54, 1.807) is 18.5 Å². The van der Waals surface area contributed by atoms with Gasteiger partial charge >= 0.3 is 5.97 Å². The van der Waals surface area contributed by atoms with Gasteiger partial charge in [0.05, 0.1) is 17.8 Å². The Bertz CT molecular complexity index is 926. The summed E-state index contributed by atoms with van der Waals surface area (Å²) in [5, 5.41) is 3.16. The van der Waals surface area contributed by atoms with Crippen LogP contribution in [0, 0.1) is 6.92 Å². The van der Waals surface area contributed by atoms with Crippen LogP contribution in [0.5, 0.6) is 5.75 Å². The van der Waals surface area contributed by atoms with E-state index >= 15 is 0 Å². The zero-order valence-corrected chi connectivity index (χ0v) is 13.0. The number of hydrogen-bond acceptors (Lipinski definition) is 6. The molecule has 3 aromatic rings. The van der Waals surface area contributed by atoms with Crippen LogP contribution in [-0.2, 0) is 11.2 Å². The molecule has 0 fully saturated rings. The number of carbonyl (C=O) groups excluding carboxylic acids is 1. The average molecular weight is 318 g/mol. The zero-order chi connectivity index (χ0) is 16.5. The number of hydrogen-bond donors (Lipinski definition) is 1. The van der Waals surface area contributed by atoms with Crippen molar-refractivity contribution in [2.24, 2.45) is 0 Å². The summed E-state index contributed by atoms with van der Waals surface area (Å²) in [6, 6.07) is 11.2. The molecule has 0 aliphatic carbocycles. The Morgan fingerprint density at radius 3 is 2.83 bits per heavy atom. The maximum Gasteiger partial charge on any atom is 0.315 e. The highest BCUT2D eigenvalue weighted by Crippen LogP contribution is 2.33. The number of anilines is 2. The molecule has 24 heavy (non-hydrogen) atoms. The van der Waals surface area contributed by atoms with Crippen LogP contribution in [0.1, 0.15) is 11.1 Å². The minimum absolute atomic E-state index is 0.223. The van der Waals surface area contributed by atoms with Gasteiger partial charge in [-0.25, -0.2) is 9.97 Å². The Labute approximate surface area is 138 Å². The number of pyridine rings is 1. The van der Waals surface area contributed by atoms with E-state index in [9.17, 15) is 4.79 Å². The van der Waals surface area contributed by atoms with Gasteiger partial charge in [-0.05, 0) is 36.8 Å². The third-order valence-electron chi connectivity index (χ3n) is 3.82. The molecule has 1 aliphatic heterocycles. The molecule has 0 amide bonds. The molecule has 118 valence electrons. The lowest BCUT2D eigenvalue weighted by Gasteiger charge is -2.09. The fraction of sp³-hybridized carbons (Fsp3) is 0.111. The topological polar surface area (TPSA) is 77.0 Å². The summed E-state index contributed by atoms with van der Waals surface area (Å²) in [4.78, 5) is 24.5. The number of nitrogens with one attached hydrogen (secondary N) is 1. The molecule has 4 rings (SSSR count). The first-order valence-corrected chi connectivity index (χ1v) is 7.55. The van der Waals surface area contributed by atoms with Crippen molar-refractivity contribution in [2.75, 3.05) is 5.32 Å². The summed E-state index contributed by atoms with van der Waals surface area (Å²) < 4.78 is 5.23. The van der Waals surface area contributed by atoms with E-state index in [2.05, 4.69) is 20.3 Å². The van der Waals surface area contributed by atoms with E-state index in [4.69, 9.17) is 4.74 Å². The molecule has 0 unspecified atom stereocenters. The molecule has 6 nitrogen and oxygen atoms in total. The van der Waals surface area contributed by atoms with Crippen molar-refractivity contribution < 1.29 is 9.53 Å². The second-order valence-corrected chi connectivity index (χ2v) is 5.53. The molecule has 2 aromatic heterocycles. The standard InChI is InChI=1S/C18H14N4O2/c1-11-8-12(9-16-13(11)10-17(23)24-16)21-18-20-7-5-15(22-18)14-4-2-3-6-19-14/h2-9H,10H2,1H3,(H,20,21,22). The van der Waals surface area contributed by atoms with Gasteiger partial charge in [0.1, 0.15) is 5.75 Å². The number of nitrogens with zero attached hydrogens (tertiary/aromatic N) is 3. The Morgan fingerprint density at radius 1 is 1.08 bits per heavy atom. The van der Waals surface area contributed by atoms with E-state index in [0.29, 0.717) is 18.1 Å². The molecular weight excluding hydrogens is 304 g/mol. The predicted molar refractivity (Wildman–Crippen MR) is 89.1 cm³/mol. The van der Waals surface area contributed by atoms with Crippen LogP contribution in [0.3, 0.4) is 0 Å². The SMILES string of the molecule is Cc1cc(Nc2nccc(-c3ccccn3)n2)cc2c1CC(=O)O2. The predicted octanol–water partition coefficient (Wildman–Crippen LogP) is 3.05. The second kappa shape index (κ2) is 5.73. The summed E-state index contributed by atoms with van der Waals surface area (Å²) in [6.45, 7) is 1.96. The van der Waals surface area contributed by atoms with Crippen LogP contribution < -0.4 is 10.1 Å². The van der Waals surface area contributed by atoms with E-state index in [0.717, 1.165) is 28.2 Å². The van der Waals surface area contributed by atoms with Gasteiger partial charge in [-0.3, -0.25) is 9.78 Å². The first kappa shape index (κ1) is 14.3. The number of fused-ring (bicyclic) bond motifs is 1. The summed E-state index contributed by atoms with van der Waals surface area (Å²) in [5.41, 5.74) is 4.23. The summed E-state index contributed by atoms with van der Waals surface area (Å²) >= 11 is 0. The van der Waals surface area contributed by atoms with Crippen LogP contribution in [-0.4, -0.2) is 20.9 Å². The summed E-state index contributed by atoms with van der Waals surface area (Å²) in [7, 11) is 0. The highest BCUT2D eigenvalue weighted by molar-refractivity contribution is 5.83. The molecule has 0 atom stereocenters. The van der Waals surface area contributed by atoms with E-state index < -0.39 is 0 Å². The highest BCUT2D eigenvalue weighted by atomic mass is 16.5. The van der Waals surface area contributed by atoms with Crippen LogP contribution in [0.25, 0.3) is 11.4 Å². The van der Waals surface area contributed by atoms with Crippen molar-refractivity contribution >= 4 is 17.6 Å². The van der Waals surface area contributed by atoms with Gasteiger partial charge in [0.25, 0.3) is 0 Å². The molecular formula is C18H14N4O2. The Balaban J connectivity index is 1.64. The third-order valence-corrected chi connectivity index (χ3v) is 3.82. The maximum atomic E-state index is 11.4. The Hall–Kier alpha value is -3.28. The number of aromatic nitrogens is 3. The number of ether oxygens (including phenoxy) is 1. The van der Waals surface area contributed by atoms with Gasteiger partial charge in [-0.1, -0.05) is 6.07 Å².